The lowest BCUT2D eigenvalue weighted by atomic mass is 9.68. The maximum Gasteiger partial charge on any atom is 0.136 e. The maximum absolute atomic E-state index is 6.63. The Bertz CT molecular complexity index is 3390. The molecule has 0 unspecified atom stereocenters. The molecule has 10 aromatic carbocycles. The molecule has 1 aliphatic carbocycles. The molecule has 296 valence electrons. The highest BCUT2D eigenvalue weighted by atomic mass is 16.3. The molecule has 0 spiro atoms. The zero-order valence-corrected chi connectivity index (χ0v) is 34.5. The number of fused-ring (bicyclic) bond motifs is 6. The van der Waals surface area contributed by atoms with Gasteiger partial charge in [-0.15, -0.1) is 0 Å². The molecule has 12 rings (SSSR count). The summed E-state index contributed by atoms with van der Waals surface area (Å²) < 4.78 is 6.63. The number of benzene rings is 10. The highest BCUT2D eigenvalue weighted by Crippen LogP contribution is 2.57. The second kappa shape index (κ2) is 15.1. The molecule has 0 fully saturated rings. The van der Waals surface area contributed by atoms with Gasteiger partial charge in [-0.25, -0.2) is 0 Å². The number of furan rings is 1. The van der Waals surface area contributed by atoms with Crippen molar-refractivity contribution in [1.29, 1.82) is 0 Å². The highest BCUT2D eigenvalue weighted by Gasteiger charge is 2.46. The first-order valence-electron chi connectivity index (χ1n) is 21.7. The van der Waals surface area contributed by atoms with Gasteiger partial charge >= 0.3 is 0 Å². The van der Waals surface area contributed by atoms with E-state index >= 15 is 0 Å². The molecule has 2 nitrogen and oxygen atoms in total. The van der Waals surface area contributed by atoms with Crippen LogP contribution in [0.3, 0.4) is 0 Å². The molecule has 0 saturated carbocycles. The van der Waals surface area contributed by atoms with Gasteiger partial charge in [0, 0.05) is 27.7 Å². The van der Waals surface area contributed by atoms with Crippen molar-refractivity contribution >= 4 is 39.0 Å². The van der Waals surface area contributed by atoms with Gasteiger partial charge in [-0.1, -0.05) is 200 Å². The summed E-state index contributed by atoms with van der Waals surface area (Å²) in [6.45, 7) is 0. The van der Waals surface area contributed by atoms with Crippen LogP contribution in [-0.2, 0) is 5.41 Å². The van der Waals surface area contributed by atoms with E-state index < -0.39 is 5.41 Å². The first-order valence-corrected chi connectivity index (χ1v) is 21.7. The number of hydrogen-bond donors (Lipinski definition) is 0. The maximum atomic E-state index is 6.63. The number of para-hydroxylation sites is 1. The largest absolute Gasteiger partial charge is 0.456 e. The molecule has 0 bridgehead atoms. The number of anilines is 3. The van der Waals surface area contributed by atoms with E-state index in [-0.39, 0.29) is 0 Å². The van der Waals surface area contributed by atoms with Crippen molar-refractivity contribution in [3.8, 4) is 44.5 Å². The Hall–Kier alpha value is -8.20. The first kappa shape index (κ1) is 36.6. The lowest BCUT2D eigenvalue weighted by Crippen LogP contribution is -2.28. The van der Waals surface area contributed by atoms with Gasteiger partial charge in [0.15, 0.2) is 0 Å². The van der Waals surface area contributed by atoms with Crippen molar-refractivity contribution in [3.63, 3.8) is 0 Å². The Labute approximate surface area is 367 Å². The van der Waals surface area contributed by atoms with Gasteiger partial charge < -0.3 is 9.32 Å². The number of hydrogen-bond acceptors (Lipinski definition) is 2. The predicted molar refractivity (Wildman–Crippen MR) is 262 cm³/mol. The van der Waals surface area contributed by atoms with Crippen LogP contribution in [-0.4, -0.2) is 0 Å². The van der Waals surface area contributed by atoms with Gasteiger partial charge in [0.1, 0.15) is 11.2 Å². The van der Waals surface area contributed by atoms with E-state index in [1.807, 2.05) is 0 Å². The van der Waals surface area contributed by atoms with E-state index in [0.29, 0.717) is 0 Å². The predicted octanol–water partition coefficient (Wildman–Crippen LogP) is 16.4. The Morgan fingerprint density at radius 3 is 1.59 bits per heavy atom. The SMILES string of the molecule is c1ccc(-c2ccc(N(c3ccc4c(c3)-c3ccccc3C4(c3ccccc3)c3ccccc3)c3ccc4oc5ccccc5c4c3-c3cccc(-c4ccccc4)c3)cc2)cc1. The summed E-state index contributed by atoms with van der Waals surface area (Å²) in [7, 11) is 0. The standard InChI is InChI=1S/C61H41NO/c1-5-18-42(19-6-1)44-32-34-49(35-33-44)62(50-36-37-55-53(41-50)51-28-13-15-30-54(51)61(55,47-24-9-3-10-25-47)48-26-11-4-12-27-48)56-38-39-58-60(52-29-14-16-31-57(52)63-58)59(56)46-23-17-22-45(40-46)43-20-7-2-8-21-43/h1-41H. The molecule has 0 radical (unpaired) electrons. The van der Waals surface area contributed by atoms with Gasteiger partial charge in [-0.05, 0) is 110 Å². The van der Waals surface area contributed by atoms with E-state index in [0.717, 1.165) is 55.7 Å². The minimum atomic E-state index is -0.493. The lowest BCUT2D eigenvalue weighted by Gasteiger charge is -2.34. The van der Waals surface area contributed by atoms with Crippen LogP contribution in [0.15, 0.2) is 253 Å². The molecule has 1 aliphatic rings. The third-order valence-corrected chi connectivity index (χ3v) is 13.0. The van der Waals surface area contributed by atoms with Gasteiger partial charge in [0.2, 0.25) is 0 Å². The highest BCUT2D eigenvalue weighted by molar-refractivity contribution is 6.16. The molecule has 11 aromatic rings. The van der Waals surface area contributed by atoms with Gasteiger partial charge in [-0.3, -0.25) is 0 Å². The van der Waals surface area contributed by atoms with E-state index in [2.05, 4.69) is 254 Å². The van der Waals surface area contributed by atoms with Crippen molar-refractivity contribution in [1.82, 2.24) is 0 Å². The van der Waals surface area contributed by atoms with Crippen LogP contribution >= 0.6 is 0 Å². The molecule has 2 heteroatoms. The summed E-state index contributed by atoms with van der Waals surface area (Å²) in [6.07, 6.45) is 0. The van der Waals surface area contributed by atoms with Crippen molar-refractivity contribution in [2.24, 2.45) is 0 Å². The molecule has 1 heterocycles. The minimum absolute atomic E-state index is 0.493. The zero-order chi connectivity index (χ0) is 41.7. The Balaban J connectivity index is 1.14. The van der Waals surface area contributed by atoms with Crippen molar-refractivity contribution < 1.29 is 4.42 Å². The minimum Gasteiger partial charge on any atom is -0.456 e. The van der Waals surface area contributed by atoms with Crippen LogP contribution in [0, 0.1) is 0 Å². The Kier molecular flexibility index (Phi) is 8.76. The smallest absolute Gasteiger partial charge is 0.136 e. The Morgan fingerprint density at radius 2 is 0.873 bits per heavy atom. The van der Waals surface area contributed by atoms with E-state index in [4.69, 9.17) is 4.42 Å². The van der Waals surface area contributed by atoms with Crippen LogP contribution in [0.5, 0.6) is 0 Å². The molecule has 0 N–H and O–H groups in total. The first-order chi connectivity index (χ1) is 31.3. The average Bonchev–Trinajstić information content (AvgIpc) is 3.89. The second-order valence-electron chi connectivity index (χ2n) is 16.4. The lowest BCUT2D eigenvalue weighted by molar-refractivity contribution is 0.669. The molecule has 0 aliphatic heterocycles. The fourth-order valence-corrected chi connectivity index (χ4v) is 10.2. The molecular weight excluding hydrogens is 763 g/mol. The van der Waals surface area contributed by atoms with Crippen molar-refractivity contribution in [2.75, 3.05) is 4.90 Å². The van der Waals surface area contributed by atoms with Crippen LogP contribution < -0.4 is 4.90 Å². The molecule has 1 aromatic heterocycles. The summed E-state index contributed by atoms with van der Waals surface area (Å²) in [5.41, 5.74) is 18.9. The zero-order valence-electron chi connectivity index (χ0n) is 34.5. The van der Waals surface area contributed by atoms with Crippen LogP contribution in [0.2, 0.25) is 0 Å². The van der Waals surface area contributed by atoms with Gasteiger partial charge in [0.05, 0.1) is 11.1 Å². The Morgan fingerprint density at radius 1 is 0.333 bits per heavy atom. The summed E-state index contributed by atoms with van der Waals surface area (Å²) in [6, 6.07) is 90.2. The van der Waals surface area contributed by atoms with Crippen molar-refractivity contribution in [2.45, 2.75) is 5.41 Å². The molecule has 0 saturated heterocycles. The second-order valence-corrected chi connectivity index (χ2v) is 16.4. The fraction of sp³-hybridized carbons (Fsp3) is 0.0164. The topological polar surface area (TPSA) is 16.4 Å². The average molecular weight is 804 g/mol. The molecule has 0 atom stereocenters. The third-order valence-electron chi connectivity index (χ3n) is 13.0. The van der Waals surface area contributed by atoms with Crippen LogP contribution in [0.4, 0.5) is 17.1 Å². The van der Waals surface area contributed by atoms with Gasteiger partial charge in [-0.2, -0.15) is 0 Å². The van der Waals surface area contributed by atoms with Crippen LogP contribution in [0.1, 0.15) is 22.3 Å². The normalized spacial score (nSPS) is 12.6. The van der Waals surface area contributed by atoms with E-state index in [1.54, 1.807) is 0 Å². The van der Waals surface area contributed by atoms with Gasteiger partial charge in [0.25, 0.3) is 0 Å². The fourth-order valence-electron chi connectivity index (χ4n) is 10.2. The third kappa shape index (κ3) is 5.95. The number of rotatable bonds is 8. The van der Waals surface area contributed by atoms with Crippen LogP contribution in [0.25, 0.3) is 66.4 Å². The molecule has 63 heavy (non-hydrogen) atoms. The quantitative estimate of drug-likeness (QED) is 0.152. The monoisotopic (exact) mass is 803 g/mol. The van der Waals surface area contributed by atoms with Crippen molar-refractivity contribution in [3.05, 3.63) is 271 Å². The summed E-state index contributed by atoms with van der Waals surface area (Å²) in [5.74, 6) is 0. The number of nitrogens with zero attached hydrogens (tertiary/aromatic N) is 1. The molecular formula is C61H41NO. The summed E-state index contributed by atoms with van der Waals surface area (Å²) >= 11 is 0. The molecule has 0 amide bonds. The summed E-state index contributed by atoms with van der Waals surface area (Å²) in [4.78, 5) is 2.45. The van der Waals surface area contributed by atoms with E-state index in [9.17, 15) is 0 Å². The van der Waals surface area contributed by atoms with E-state index in [1.165, 1.54) is 50.1 Å². The summed E-state index contributed by atoms with van der Waals surface area (Å²) in [5, 5.41) is 2.19.